The molecule has 1 atom stereocenters. The van der Waals surface area contributed by atoms with Crippen LogP contribution in [0.4, 0.5) is 9.18 Å². The second-order valence-corrected chi connectivity index (χ2v) is 5.11. The zero-order valence-electron chi connectivity index (χ0n) is 12.1. The van der Waals surface area contributed by atoms with Gasteiger partial charge in [-0.05, 0) is 35.7 Å². The highest BCUT2D eigenvalue weighted by Crippen LogP contribution is 2.26. The van der Waals surface area contributed by atoms with E-state index in [0.29, 0.717) is 16.8 Å². The molecular weight excluding hydrogens is 275 g/mol. The number of esters is 1. The lowest BCUT2D eigenvalue weighted by Crippen LogP contribution is -2.51. The van der Waals surface area contributed by atoms with Crippen LogP contribution in [0.15, 0.2) is 29.8 Å². The number of benzene rings is 1. The maximum Gasteiger partial charge on any atom is 0.337 e. The Kier molecular flexibility index (Phi) is 4.26. The highest BCUT2D eigenvalue weighted by molar-refractivity contribution is 6.04. The molecule has 0 aromatic heterocycles. The fraction of sp³-hybridized carbons (Fsp3) is 0.333. The summed E-state index contributed by atoms with van der Waals surface area (Å²) in [6.45, 7) is 3.78. The predicted octanol–water partition coefficient (Wildman–Crippen LogP) is 2.05. The monoisotopic (exact) mass is 292 g/mol. The van der Waals surface area contributed by atoms with Crippen molar-refractivity contribution in [2.75, 3.05) is 7.11 Å². The van der Waals surface area contributed by atoms with Crippen molar-refractivity contribution in [2.24, 2.45) is 5.92 Å². The number of carbonyl (C=O) groups is 2. The van der Waals surface area contributed by atoms with Gasteiger partial charge in [0.05, 0.1) is 24.4 Å². The first-order valence-electron chi connectivity index (χ1n) is 6.60. The van der Waals surface area contributed by atoms with E-state index in [1.54, 1.807) is 0 Å². The van der Waals surface area contributed by atoms with Crippen molar-refractivity contribution in [3.05, 3.63) is 41.2 Å². The van der Waals surface area contributed by atoms with E-state index in [1.165, 1.54) is 31.4 Å². The second kappa shape index (κ2) is 5.95. The third-order valence-corrected chi connectivity index (χ3v) is 3.31. The average molecular weight is 292 g/mol. The number of methoxy groups -OCH3 is 1. The molecule has 1 aliphatic heterocycles. The van der Waals surface area contributed by atoms with Gasteiger partial charge in [-0.25, -0.2) is 14.0 Å². The summed E-state index contributed by atoms with van der Waals surface area (Å²) >= 11 is 0. The van der Waals surface area contributed by atoms with Crippen LogP contribution in [0.3, 0.4) is 0 Å². The number of halogens is 1. The van der Waals surface area contributed by atoms with Gasteiger partial charge in [0.15, 0.2) is 0 Å². The Balaban J connectivity index is 2.59. The van der Waals surface area contributed by atoms with E-state index in [2.05, 4.69) is 10.6 Å². The maximum atomic E-state index is 13.0. The molecule has 21 heavy (non-hydrogen) atoms. The third kappa shape index (κ3) is 3.04. The Morgan fingerprint density at radius 1 is 1.29 bits per heavy atom. The summed E-state index contributed by atoms with van der Waals surface area (Å²) in [6.07, 6.45) is 0. The van der Waals surface area contributed by atoms with Crippen molar-refractivity contribution in [2.45, 2.75) is 19.9 Å². The first kappa shape index (κ1) is 15.0. The van der Waals surface area contributed by atoms with Crippen LogP contribution in [0.5, 0.6) is 0 Å². The molecule has 0 aliphatic carbocycles. The molecule has 112 valence electrons. The lowest BCUT2D eigenvalue weighted by Gasteiger charge is -2.31. The van der Waals surface area contributed by atoms with Gasteiger partial charge in [0, 0.05) is 0 Å². The fourth-order valence-corrected chi connectivity index (χ4v) is 2.27. The molecule has 6 heteroatoms. The predicted molar refractivity (Wildman–Crippen MR) is 75.6 cm³/mol. The molecule has 2 amide bonds. The summed E-state index contributed by atoms with van der Waals surface area (Å²) in [5, 5.41) is 5.32. The summed E-state index contributed by atoms with van der Waals surface area (Å²) < 4.78 is 17.9. The zero-order valence-corrected chi connectivity index (χ0v) is 12.1. The number of urea groups is 1. The van der Waals surface area contributed by atoms with Crippen LogP contribution in [0.1, 0.15) is 19.4 Å². The van der Waals surface area contributed by atoms with Crippen molar-refractivity contribution in [3.63, 3.8) is 0 Å². The Bertz CT molecular complexity index is 593. The normalized spacial score (nSPS) is 18.3. The number of amides is 2. The van der Waals surface area contributed by atoms with Crippen LogP contribution in [0.2, 0.25) is 0 Å². The molecule has 0 radical (unpaired) electrons. The second-order valence-electron chi connectivity index (χ2n) is 5.11. The van der Waals surface area contributed by atoms with E-state index in [0.717, 1.165) is 0 Å². The van der Waals surface area contributed by atoms with Gasteiger partial charge in [-0.1, -0.05) is 13.8 Å². The van der Waals surface area contributed by atoms with Crippen LogP contribution in [-0.2, 0) is 9.53 Å². The van der Waals surface area contributed by atoms with Crippen molar-refractivity contribution in [3.8, 4) is 0 Å². The molecule has 5 nitrogen and oxygen atoms in total. The highest BCUT2D eigenvalue weighted by atomic mass is 19.1. The summed E-state index contributed by atoms with van der Waals surface area (Å²) in [7, 11) is 1.28. The van der Waals surface area contributed by atoms with Crippen LogP contribution in [0.25, 0.3) is 5.70 Å². The van der Waals surface area contributed by atoms with Crippen molar-refractivity contribution >= 4 is 17.7 Å². The molecule has 2 rings (SSSR count). The Labute approximate surface area is 122 Å². The summed E-state index contributed by atoms with van der Waals surface area (Å²) in [5.41, 5.74) is 1.24. The Morgan fingerprint density at radius 2 is 1.90 bits per heavy atom. The van der Waals surface area contributed by atoms with Crippen LogP contribution < -0.4 is 10.6 Å². The lowest BCUT2D eigenvalue weighted by molar-refractivity contribution is -0.136. The van der Waals surface area contributed by atoms with E-state index in [-0.39, 0.29) is 11.7 Å². The van der Waals surface area contributed by atoms with E-state index in [4.69, 9.17) is 4.74 Å². The molecule has 1 unspecified atom stereocenters. The summed E-state index contributed by atoms with van der Waals surface area (Å²) in [4.78, 5) is 23.9. The van der Waals surface area contributed by atoms with Crippen LogP contribution in [-0.4, -0.2) is 25.2 Å². The van der Waals surface area contributed by atoms with Gasteiger partial charge in [-0.3, -0.25) is 0 Å². The lowest BCUT2D eigenvalue weighted by atomic mass is 9.90. The van der Waals surface area contributed by atoms with E-state index in [9.17, 15) is 14.0 Å². The van der Waals surface area contributed by atoms with Gasteiger partial charge in [0.25, 0.3) is 0 Å². The minimum Gasteiger partial charge on any atom is -0.466 e. The van der Waals surface area contributed by atoms with Gasteiger partial charge in [0.1, 0.15) is 5.82 Å². The van der Waals surface area contributed by atoms with Crippen LogP contribution in [0, 0.1) is 11.7 Å². The van der Waals surface area contributed by atoms with Gasteiger partial charge in [-0.2, -0.15) is 0 Å². The smallest absolute Gasteiger partial charge is 0.337 e. The fourth-order valence-electron chi connectivity index (χ4n) is 2.27. The third-order valence-electron chi connectivity index (χ3n) is 3.31. The van der Waals surface area contributed by atoms with Crippen molar-refractivity contribution in [1.29, 1.82) is 0 Å². The molecule has 0 saturated heterocycles. The Hall–Kier alpha value is -2.37. The molecule has 0 fully saturated rings. The molecular formula is C15H17FN2O3. The zero-order chi connectivity index (χ0) is 15.6. The van der Waals surface area contributed by atoms with Crippen molar-refractivity contribution < 1.29 is 18.7 Å². The SMILES string of the molecule is COC(=O)C1=C(c2ccc(F)cc2)NC(=O)NC1C(C)C. The Morgan fingerprint density at radius 3 is 2.43 bits per heavy atom. The summed E-state index contributed by atoms with van der Waals surface area (Å²) in [5.74, 6) is -0.916. The van der Waals surface area contributed by atoms with E-state index in [1.807, 2.05) is 13.8 Å². The number of hydrogen-bond donors (Lipinski definition) is 2. The van der Waals surface area contributed by atoms with Gasteiger partial charge in [0.2, 0.25) is 0 Å². The van der Waals surface area contributed by atoms with Crippen LogP contribution >= 0.6 is 0 Å². The topological polar surface area (TPSA) is 67.4 Å². The quantitative estimate of drug-likeness (QED) is 0.838. The number of carbonyl (C=O) groups excluding carboxylic acids is 2. The van der Waals surface area contributed by atoms with Gasteiger partial charge in [-0.15, -0.1) is 0 Å². The number of ether oxygens (including phenoxy) is 1. The molecule has 0 saturated carbocycles. The minimum absolute atomic E-state index is 0.000554. The molecule has 0 spiro atoms. The largest absolute Gasteiger partial charge is 0.466 e. The molecule has 1 heterocycles. The van der Waals surface area contributed by atoms with Gasteiger partial charge < -0.3 is 15.4 Å². The number of nitrogens with one attached hydrogen (secondary N) is 2. The van der Waals surface area contributed by atoms with Crippen molar-refractivity contribution in [1.82, 2.24) is 10.6 Å². The first-order chi connectivity index (χ1) is 9.93. The van der Waals surface area contributed by atoms with Gasteiger partial charge >= 0.3 is 12.0 Å². The first-order valence-corrected chi connectivity index (χ1v) is 6.60. The molecule has 1 aromatic rings. The minimum atomic E-state index is -0.527. The number of rotatable bonds is 3. The highest BCUT2D eigenvalue weighted by Gasteiger charge is 2.34. The average Bonchev–Trinajstić information content (AvgIpc) is 2.46. The number of hydrogen-bond acceptors (Lipinski definition) is 3. The molecule has 2 N–H and O–H groups in total. The standard InChI is InChI=1S/C15H17FN2O3/c1-8(2)12-11(14(19)21-3)13(18-15(20)17-12)9-4-6-10(16)7-5-9/h4-8,12H,1-3H3,(H2,17,18,20). The molecule has 0 bridgehead atoms. The molecule has 1 aliphatic rings. The maximum absolute atomic E-state index is 13.0. The van der Waals surface area contributed by atoms with E-state index < -0.39 is 18.0 Å². The van der Waals surface area contributed by atoms with E-state index >= 15 is 0 Å². The molecule has 1 aromatic carbocycles. The summed E-state index contributed by atoms with van der Waals surface area (Å²) in [6, 6.07) is 4.70.